The quantitative estimate of drug-likeness (QED) is 0.520. The number of fused-ring (bicyclic) bond motifs is 1. The molecule has 1 aliphatic heterocycles. The van der Waals surface area contributed by atoms with Gasteiger partial charge in [-0.05, 0) is 17.7 Å². The average Bonchev–Trinajstić information content (AvgIpc) is 3.06. The van der Waals surface area contributed by atoms with Gasteiger partial charge in [0, 0.05) is 25.3 Å². The van der Waals surface area contributed by atoms with Crippen LogP contribution in [0, 0.1) is 5.82 Å². The van der Waals surface area contributed by atoms with Crippen LogP contribution in [-0.2, 0) is 29.0 Å². The third-order valence-electron chi connectivity index (χ3n) is 4.22. The fourth-order valence-corrected chi connectivity index (χ4v) is 4.79. The van der Waals surface area contributed by atoms with E-state index in [0.29, 0.717) is 35.0 Å². The summed E-state index contributed by atoms with van der Waals surface area (Å²) in [5, 5.41) is 3.66. The normalized spacial score (nSPS) is 15.5. The Bertz CT molecular complexity index is 903. The molecule has 0 saturated carbocycles. The summed E-state index contributed by atoms with van der Waals surface area (Å²) in [5.41, 5.74) is 1.56. The van der Waals surface area contributed by atoms with Crippen molar-refractivity contribution in [2.75, 3.05) is 19.5 Å². The Kier molecular flexibility index (Phi) is 7.14. The van der Waals surface area contributed by atoms with Gasteiger partial charge in [0.05, 0.1) is 29.5 Å². The van der Waals surface area contributed by atoms with Gasteiger partial charge in [0.1, 0.15) is 5.82 Å². The Morgan fingerprint density at radius 1 is 1.43 bits per heavy atom. The maximum Gasteiger partial charge on any atom is 0.268 e. The lowest BCUT2D eigenvalue weighted by atomic mass is 10.2. The van der Waals surface area contributed by atoms with E-state index in [1.54, 1.807) is 35.6 Å². The number of carbonyl (C=O) groups is 1. The smallest absolute Gasteiger partial charge is 0.268 e. The van der Waals surface area contributed by atoms with Gasteiger partial charge in [-0.15, -0.1) is 11.8 Å². The minimum Gasteiger partial charge on any atom is -0.383 e. The van der Waals surface area contributed by atoms with E-state index in [1.165, 1.54) is 23.9 Å². The van der Waals surface area contributed by atoms with E-state index in [0.717, 1.165) is 17.7 Å². The van der Waals surface area contributed by atoms with Crippen LogP contribution in [0.25, 0.3) is 0 Å². The number of rotatable bonds is 8. The van der Waals surface area contributed by atoms with Crippen LogP contribution in [0.15, 0.2) is 39.1 Å². The number of aromatic nitrogens is 2. The number of nitrogens with one attached hydrogen (secondary N) is 1. The molecule has 1 amide bonds. The zero-order chi connectivity index (χ0) is 20.1. The molecule has 1 aliphatic rings. The molecule has 1 aromatic heterocycles. The van der Waals surface area contributed by atoms with Gasteiger partial charge in [-0.3, -0.25) is 14.2 Å². The lowest BCUT2D eigenvalue weighted by Crippen LogP contribution is -2.28. The molecule has 1 atom stereocenters. The molecule has 0 radical (unpaired) electrons. The van der Waals surface area contributed by atoms with Crippen LogP contribution in [0.1, 0.15) is 18.2 Å². The maximum absolute atomic E-state index is 12.9. The van der Waals surface area contributed by atoms with Crippen LogP contribution in [0.5, 0.6) is 0 Å². The number of methoxy groups -OCH3 is 1. The van der Waals surface area contributed by atoms with E-state index in [2.05, 4.69) is 17.2 Å². The minimum absolute atomic E-state index is 0.0642. The Labute approximate surface area is 171 Å². The second-order valence-electron chi connectivity index (χ2n) is 6.44. The van der Waals surface area contributed by atoms with Crippen molar-refractivity contribution in [2.45, 2.75) is 41.7 Å². The second-order valence-corrected chi connectivity index (χ2v) is 8.84. The number of hydrogen-bond donors (Lipinski definition) is 1. The third kappa shape index (κ3) is 5.15. The summed E-state index contributed by atoms with van der Waals surface area (Å²) in [5.74, 6) is -0.345. The molecule has 1 N–H and O–H groups in total. The number of nitrogens with zero attached hydrogens (tertiary/aromatic N) is 2. The van der Waals surface area contributed by atoms with E-state index >= 15 is 0 Å². The molecule has 6 nitrogen and oxygen atoms in total. The van der Waals surface area contributed by atoms with E-state index in [1.807, 2.05) is 0 Å². The second kappa shape index (κ2) is 9.58. The molecule has 2 aromatic rings. The number of hydrogen-bond acceptors (Lipinski definition) is 6. The van der Waals surface area contributed by atoms with Crippen molar-refractivity contribution in [3.8, 4) is 0 Å². The predicted octanol–water partition coefficient (Wildman–Crippen LogP) is 2.47. The molecular formula is C19H22FN3O3S2. The summed E-state index contributed by atoms with van der Waals surface area (Å²) in [6.45, 7) is 3.18. The van der Waals surface area contributed by atoms with Crippen LogP contribution >= 0.6 is 23.5 Å². The zero-order valence-corrected chi connectivity index (χ0v) is 17.4. The number of thioether (sulfide) groups is 2. The molecule has 3 rings (SSSR count). The zero-order valence-electron chi connectivity index (χ0n) is 15.7. The van der Waals surface area contributed by atoms with Gasteiger partial charge in [0.15, 0.2) is 5.16 Å². The van der Waals surface area contributed by atoms with Crippen molar-refractivity contribution in [3.63, 3.8) is 0 Å². The van der Waals surface area contributed by atoms with E-state index < -0.39 is 0 Å². The number of benzene rings is 1. The van der Waals surface area contributed by atoms with Crippen molar-refractivity contribution in [2.24, 2.45) is 0 Å². The fourth-order valence-electron chi connectivity index (χ4n) is 2.81. The molecule has 0 spiro atoms. The van der Waals surface area contributed by atoms with E-state index in [-0.39, 0.29) is 23.0 Å². The lowest BCUT2D eigenvalue weighted by molar-refractivity contribution is -0.118. The van der Waals surface area contributed by atoms with Gasteiger partial charge in [0.2, 0.25) is 5.91 Å². The van der Waals surface area contributed by atoms with Gasteiger partial charge in [-0.25, -0.2) is 9.37 Å². The molecule has 150 valence electrons. The number of amides is 1. The van der Waals surface area contributed by atoms with Crippen LogP contribution in [0.4, 0.5) is 4.39 Å². The summed E-state index contributed by atoms with van der Waals surface area (Å²) in [4.78, 5) is 30.4. The first-order valence-electron chi connectivity index (χ1n) is 8.91. The van der Waals surface area contributed by atoms with Crippen molar-refractivity contribution in [1.82, 2.24) is 14.9 Å². The van der Waals surface area contributed by atoms with E-state index in [4.69, 9.17) is 4.74 Å². The van der Waals surface area contributed by atoms with Crippen LogP contribution in [0.2, 0.25) is 0 Å². The molecule has 1 aromatic carbocycles. The van der Waals surface area contributed by atoms with Gasteiger partial charge >= 0.3 is 0 Å². The summed E-state index contributed by atoms with van der Waals surface area (Å²) in [6.07, 6.45) is 0.755. The standard InChI is InChI=1S/C19H22FN3O3S2/c1-12-9-15-17(28-12)18(25)23(7-8-26-2)19(22-15)27-11-16(24)21-10-13-3-5-14(20)6-4-13/h3-6,12H,7-11H2,1-2H3,(H,21,24)/t12-/m0/s1. The predicted molar refractivity (Wildman–Crippen MR) is 108 cm³/mol. The summed E-state index contributed by atoms with van der Waals surface area (Å²) >= 11 is 2.79. The maximum atomic E-state index is 12.9. The highest BCUT2D eigenvalue weighted by molar-refractivity contribution is 8.00. The molecule has 0 unspecified atom stereocenters. The number of carbonyl (C=O) groups excluding carboxylic acids is 1. The Hall–Kier alpha value is -1.84. The Balaban J connectivity index is 1.66. The first-order chi connectivity index (χ1) is 13.5. The lowest BCUT2D eigenvalue weighted by Gasteiger charge is -2.13. The first kappa shape index (κ1) is 20.9. The first-order valence-corrected chi connectivity index (χ1v) is 10.8. The molecular weight excluding hydrogens is 401 g/mol. The highest BCUT2D eigenvalue weighted by atomic mass is 32.2. The highest BCUT2D eigenvalue weighted by Crippen LogP contribution is 2.34. The summed E-state index contributed by atoms with van der Waals surface area (Å²) in [6, 6.07) is 5.98. The van der Waals surface area contributed by atoms with Gasteiger partial charge in [0.25, 0.3) is 5.56 Å². The van der Waals surface area contributed by atoms with Crippen molar-refractivity contribution in [3.05, 3.63) is 51.7 Å². The van der Waals surface area contributed by atoms with E-state index in [9.17, 15) is 14.0 Å². The molecule has 0 aliphatic carbocycles. The monoisotopic (exact) mass is 423 g/mol. The van der Waals surface area contributed by atoms with Crippen LogP contribution in [0.3, 0.4) is 0 Å². The van der Waals surface area contributed by atoms with Gasteiger partial charge in [-0.1, -0.05) is 30.8 Å². The summed E-state index contributed by atoms with van der Waals surface area (Å²) in [7, 11) is 1.58. The molecule has 28 heavy (non-hydrogen) atoms. The third-order valence-corrected chi connectivity index (χ3v) is 6.41. The van der Waals surface area contributed by atoms with Gasteiger partial charge in [-0.2, -0.15) is 0 Å². The topological polar surface area (TPSA) is 73.2 Å². The molecule has 0 bridgehead atoms. The fraction of sp³-hybridized carbons (Fsp3) is 0.421. The van der Waals surface area contributed by atoms with Crippen molar-refractivity contribution >= 4 is 29.4 Å². The number of ether oxygens (including phenoxy) is 1. The number of halogens is 1. The summed E-state index contributed by atoms with van der Waals surface area (Å²) < 4.78 is 19.6. The van der Waals surface area contributed by atoms with Crippen molar-refractivity contribution in [1.29, 1.82) is 0 Å². The SMILES string of the molecule is COCCn1c(SCC(=O)NCc2ccc(F)cc2)nc2c(c1=O)S[C@@H](C)C2. The molecule has 9 heteroatoms. The average molecular weight is 424 g/mol. The van der Waals surface area contributed by atoms with Crippen LogP contribution < -0.4 is 10.9 Å². The Morgan fingerprint density at radius 2 is 2.18 bits per heavy atom. The highest BCUT2D eigenvalue weighted by Gasteiger charge is 2.26. The minimum atomic E-state index is -0.310. The molecule has 0 saturated heterocycles. The molecule has 2 heterocycles. The van der Waals surface area contributed by atoms with Crippen molar-refractivity contribution < 1.29 is 13.9 Å². The molecule has 0 fully saturated rings. The Morgan fingerprint density at radius 3 is 2.89 bits per heavy atom. The largest absolute Gasteiger partial charge is 0.383 e. The van der Waals surface area contributed by atoms with Gasteiger partial charge < -0.3 is 10.1 Å². The van der Waals surface area contributed by atoms with Crippen LogP contribution in [-0.4, -0.2) is 40.2 Å².